The number of rotatable bonds is 6. The van der Waals surface area contributed by atoms with Crippen LogP contribution in [0.1, 0.15) is 56.0 Å². The van der Waals surface area contributed by atoms with Gasteiger partial charge in [0.15, 0.2) is 11.6 Å². The van der Waals surface area contributed by atoms with Gasteiger partial charge in [0.05, 0.1) is 23.4 Å². The van der Waals surface area contributed by atoms with E-state index < -0.39 is 0 Å². The second kappa shape index (κ2) is 7.72. The molecule has 0 bridgehead atoms. The fraction of sp³-hybridized carbons (Fsp3) is 0.286. The lowest BCUT2D eigenvalue weighted by molar-refractivity contribution is 0.0773. The van der Waals surface area contributed by atoms with Crippen molar-refractivity contribution in [1.29, 1.82) is 0 Å². The minimum absolute atomic E-state index is 0.165. The van der Waals surface area contributed by atoms with Crippen LogP contribution in [0.2, 0.25) is 0 Å². The molecule has 6 heteroatoms. The van der Waals surface area contributed by atoms with Crippen molar-refractivity contribution in [3.63, 3.8) is 0 Å². The number of benzene rings is 2. The third-order valence-corrected chi connectivity index (χ3v) is 4.79. The number of hydrogen-bond acceptors (Lipinski definition) is 5. The monoisotopic (exact) mass is 366 g/mol. The first-order valence-corrected chi connectivity index (χ1v) is 9.04. The number of nitrogens with one attached hydrogen (secondary N) is 1. The zero-order valence-electron chi connectivity index (χ0n) is 15.4. The number of amides is 1. The highest BCUT2D eigenvalue weighted by molar-refractivity contribution is 6.31. The van der Waals surface area contributed by atoms with Crippen LogP contribution >= 0.6 is 0 Å². The molecule has 3 rings (SSSR count). The van der Waals surface area contributed by atoms with Crippen LogP contribution in [0.25, 0.3) is 0 Å². The molecule has 0 saturated carbocycles. The van der Waals surface area contributed by atoms with Gasteiger partial charge in [0.2, 0.25) is 0 Å². The molecule has 2 N–H and O–H groups in total. The topological polar surface area (TPSA) is 86.7 Å². The van der Waals surface area contributed by atoms with Crippen molar-refractivity contribution in [1.82, 2.24) is 4.90 Å². The number of carbonyl (C=O) groups excluding carboxylic acids is 3. The molecule has 0 aliphatic heterocycles. The van der Waals surface area contributed by atoms with Crippen molar-refractivity contribution in [3.05, 3.63) is 64.2 Å². The summed E-state index contributed by atoms with van der Waals surface area (Å²) in [6.07, 6.45) is 0. The number of aliphatic hydroxyl groups is 1. The normalized spacial score (nSPS) is 12.4. The van der Waals surface area contributed by atoms with E-state index in [0.717, 1.165) is 0 Å². The Balaban J connectivity index is 2.21. The highest BCUT2D eigenvalue weighted by atomic mass is 16.3. The second-order valence-electron chi connectivity index (χ2n) is 6.24. The Bertz CT molecular complexity index is 916. The van der Waals surface area contributed by atoms with E-state index in [0.29, 0.717) is 35.5 Å². The number of carbonyl (C=O) groups is 3. The fourth-order valence-corrected chi connectivity index (χ4v) is 3.41. The molecule has 1 aliphatic carbocycles. The first-order chi connectivity index (χ1) is 13.0. The largest absolute Gasteiger partial charge is 0.395 e. The molecule has 6 nitrogen and oxygen atoms in total. The van der Waals surface area contributed by atoms with Gasteiger partial charge in [-0.3, -0.25) is 14.4 Å². The van der Waals surface area contributed by atoms with Crippen LogP contribution in [0.4, 0.5) is 5.69 Å². The summed E-state index contributed by atoms with van der Waals surface area (Å²) in [5, 5.41) is 12.2. The lowest BCUT2D eigenvalue weighted by atomic mass is 9.82. The van der Waals surface area contributed by atoms with Gasteiger partial charge in [-0.25, -0.2) is 0 Å². The number of ketones is 2. The Labute approximate surface area is 157 Å². The van der Waals surface area contributed by atoms with E-state index in [1.54, 1.807) is 41.3 Å². The molecule has 0 radical (unpaired) electrons. The summed E-state index contributed by atoms with van der Waals surface area (Å²) in [5.74, 6) is -0.758. The van der Waals surface area contributed by atoms with E-state index in [-0.39, 0.29) is 41.8 Å². The van der Waals surface area contributed by atoms with Gasteiger partial charge in [0.1, 0.15) is 0 Å². The van der Waals surface area contributed by atoms with Crippen molar-refractivity contribution in [2.24, 2.45) is 0 Å². The quantitative estimate of drug-likeness (QED) is 0.699. The zero-order chi connectivity index (χ0) is 19.6. The summed E-state index contributed by atoms with van der Waals surface area (Å²) in [6.45, 7) is 4.82. The summed E-state index contributed by atoms with van der Waals surface area (Å²) in [5.41, 5.74) is 1.80. The van der Waals surface area contributed by atoms with Crippen molar-refractivity contribution in [2.45, 2.75) is 13.8 Å². The van der Waals surface area contributed by atoms with E-state index in [4.69, 9.17) is 0 Å². The maximum Gasteiger partial charge on any atom is 0.255 e. The Morgan fingerprint density at radius 1 is 0.963 bits per heavy atom. The van der Waals surface area contributed by atoms with Crippen LogP contribution in [-0.2, 0) is 0 Å². The maximum atomic E-state index is 13.1. The average molecular weight is 366 g/mol. The van der Waals surface area contributed by atoms with E-state index in [1.807, 2.05) is 13.8 Å². The van der Waals surface area contributed by atoms with Gasteiger partial charge in [-0.2, -0.15) is 0 Å². The third-order valence-electron chi connectivity index (χ3n) is 4.79. The molecule has 140 valence electrons. The molecule has 0 heterocycles. The number of fused-ring (bicyclic) bond motifs is 2. The van der Waals surface area contributed by atoms with E-state index in [2.05, 4.69) is 5.32 Å². The Kier molecular flexibility index (Phi) is 5.37. The number of anilines is 1. The molecular weight excluding hydrogens is 344 g/mol. The highest BCUT2D eigenvalue weighted by Crippen LogP contribution is 2.34. The first kappa shape index (κ1) is 18.8. The molecule has 1 amide bonds. The molecule has 27 heavy (non-hydrogen) atoms. The van der Waals surface area contributed by atoms with Crippen LogP contribution in [0.3, 0.4) is 0 Å². The predicted molar refractivity (Wildman–Crippen MR) is 103 cm³/mol. The van der Waals surface area contributed by atoms with Crippen LogP contribution in [-0.4, -0.2) is 53.7 Å². The Morgan fingerprint density at radius 3 is 2.19 bits per heavy atom. The Morgan fingerprint density at radius 2 is 1.59 bits per heavy atom. The van der Waals surface area contributed by atoms with Crippen LogP contribution in [0, 0.1) is 0 Å². The molecule has 0 spiro atoms. The average Bonchev–Trinajstić information content (AvgIpc) is 2.70. The molecule has 0 fully saturated rings. The fourth-order valence-electron chi connectivity index (χ4n) is 3.41. The summed E-state index contributed by atoms with van der Waals surface area (Å²) < 4.78 is 0. The third kappa shape index (κ3) is 3.13. The van der Waals surface area contributed by atoms with Gasteiger partial charge < -0.3 is 15.3 Å². The van der Waals surface area contributed by atoms with Crippen LogP contribution in [0.5, 0.6) is 0 Å². The number of hydrogen-bond donors (Lipinski definition) is 2. The summed E-state index contributed by atoms with van der Waals surface area (Å²) in [4.78, 5) is 40.6. The second-order valence-corrected chi connectivity index (χ2v) is 6.24. The summed E-state index contributed by atoms with van der Waals surface area (Å²) in [6, 6.07) is 9.81. The molecule has 0 aromatic heterocycles. The van der Waals surface area contributed by atoms with Gasteiger partial charge in [-0.1, -0.05) is 24.3 Å². The smallest absolute Gasteiger partial charge is 0.255 e. The molecule has 1 aliphatic rings. The summed E-state index contributed by atoms with van der Waals surface area (Å²) >= 11 is 0. The standard InChI is InChI=1S/C21H22N2O4/c1-3-23(4-2)21(27)16-10-9-15-17(18(16)22-11-12-24)20(26)14-8-6-5-7-13(14)19(15)25/h5-10,22,24H,3-4,11-12H2,1-2H3. The molecule has 2 aromatic rings. The van der Waals surface area contributed by atoms with Crippen molar-refractivity contribution in [3.8, 4) is 0 Å². The van der Waals surface area contributed by atoms with Crippen molar-refractivity contribution < 1.29 is 19.5 Å². The first-order valence-electron chi connectivity index (χ1n) is 9.04. The highest BCUT2D eigenvalue weighted by Gasteiger charge is 2.34. The van der Waals surface area contributed by atoms with Crippen LogP contribution in [0.15, 0.2) is 36.4 Å². The van der Waals surface area contributed by atoms with Gasteiger partial charge in [0.25, 0.3) is 5.91 Å². The molecule has 2 aromatic carbocycles. The Hall–Kier alpha value is -2.99. The van der Waals surface area contributed by atoms with E-state index in [9.17, 15) is 19.5 Å². The maximum absolute atomic E-state index is 13.1. The lowest BCUT2D eigenvalue weighted by Crippen LogP contribution is -2.32. The minimum atomic E-state index is -0.296. The van der Waals surface area contributed by atoms with Crippen molar-refractivity contribution in [2.75, 3.05) is 31.6 Å². The van der Waals surface area contributed by atoms with Gasteiger partial charge in [-0.15, -0.1) is 0 Å². The van der Waals surface area contributed by atoms with Gasteiger partial charge >= 0.3 is 0 Å². The lowest BCUT2D eigenvalue weighted by Gasteiger charge is -2.25. The molecular formula is C21H22N2O4. The number of nitrogens with zero attached hydrogens (tertiary/aromatic N) is 1. The minimum Gasteiger partial charge on any atom is -0.395 e. The molecule has 0 atom stereocenters. The van der Waals surface area contributed by atoms with E-state index in [1.165, 1.54) is 0 Å². The van der Waals surface area contributed by atoms with Gasteiger partial charge in [-0.05, 0) is 26.0 Å². The van der Waals surface area contributed by atoms with E-state index >= 15 is 0 Å². The summed E-state index contributed by atoms with van der Waals surface area (Å²) in [7, 11) is 0. The number of aliphatic hydroxyl groups excluding tert-OH is 1. The van der Waals surface area contributed by atoms with Gasteiger partial charge in [0, 0.05) is 36.3 Å². The zero-order valence-corrected chi connectivity index (χ0v) is 15.4. The predicted octanol–water partition coefficient (Wildman–Crippen LogP) is 2.35. The van der Waals surface area contributed by atoms with Crippen LogP contribution < -0.4 is 5.32 Å². The van der Waals surface area contributed by atoms with Crippen molar-refractivity contribution >= 4 is 23.2 Å². The molecule has 0 unspecified atom stereocenters. The SMILES string of the molecule is CCN(CC)C(=O)c1ccc2c(c1NCCO)C(=O)c1ccccc1C2=O. The molecule has 0 saturated heterocycles.